The summed E-state index contributed by atoms with van der Waals surface area (Å²) in [6.07, 6.45) is -0.206. The zero-order chi connectivity index (χ0) is 21.8. The monoisotopic (exact) mass is 425 g/mol. The van der Waals surface area contributed by atoms with Gasteiger partial charge in [0, 0.05) is 20.1 Å². The second kappa shape index (κ2) is 9.36. The normalized spacial score (nSPS) is 21.1. The SMILES string of the molecule is CNC(=O)NC(=O)[C@H](C)OC(=O)c1ccc(S(=O)(=O)N2C[C@H](C)C[C@H](C)C2)cc1. The molecule has 1 aromatic carbocycles. The fourth-order valence-corrected chi connectivity index (χ4v) is 4.95. The predicted octanol–water partition coefficient (Wildman–Crippen LogP) is 1.35. The third-order valence-corrected chi connectivity index (χ3v) is 6.53. The van der Waals surface area contributed by atoms with Crippen LogP contribution in [0.4, 0.5) is 4.79 Å². The molecule has 2 N–H and O–H groups in total. The Morgan fingerprint density at radius 2 is 1.66 bits per heavy atom. The number of ether oxygens (including phenoxy) is 1. The van der Waals surface area contributed by atoms with Crippen LogP contribution in [-0.2, 0) is 19.6 Å². The number of nitrogens with one attached hydrogen (secondary N) is 2. The zero-order valence-electron chi connectivity index (χ0n) is 17.0. The number of nitrogens with zero attached hydrogens (tertiary/aromatic N) is 1. The Balaban J connectivity index is 2.06. The van der Waals surface area contributed by atoms with Gasteiger partial charge in [-0.15, -0.1) is 0 Å². The van der Waals surface area contributed by atoms with Crippen LogP contribution in [0.5, 0.6) is 0 Å². The molecule has 0 saturated carbocycles. The third-order valence-electron chi connectivity index (χ3n) is 4.68. The second-order valence-electron chi connectivity index (χ2n) is 7.41. The van der Waals surface area contributed by atoms with E-state index in [2.05, 4.69) is 5.32 Å². The Hall–Kier alpha value is -2.46. The number of amides is 3. The van der Waals surface area contributed by atoms with Gasteiger partial charge in [-0.3, -0.25) is 10.1 Å². The molecule has 0 aliphatic carbocycles. The maximum absolute atomic E-state index is 12.9. The average Bonchev–Trinajstić information content (AvgIpc) is 2.67. The minimum absolute atomic E-state index is 0.0979. The third kappa shape index (κ3) is 5.77. The molecule has 0 bridgehead atoms. The fourth-order valence-electron chi connectivity index (χ4n) is 3.27. The van der Waals surface area contributed by atoms with Gasteiger partial charge in [0.2, 0.25) is 10.0 Å². The van der Waals surface area contributed by atoms with Crippen LogP contribution in [0.25, 0.3) is 0 Å². The van der Waals surface area contributed by atoms with Crippen LogP contribution in [0.2, 0.25) is 0 Å². The maximum Gasteiger partial charge on any atom is 0.338 e. The smallest absolute Gasteiger partial charge is 0.338 e. The number of urea groups is 1. The number of rotatable bonds is 5. The lowest BCUT2D eigenvalue weighted by Crippen LogP contribution is -2.43. The van der Waals surface area contributed by atoms with Gasteiger partial charge in [0.15, 0.2) is 6.10 Å². The number of imide groups is 1. The van der Waals surface area contributed by atoms with Crippen molar-refractivity contribution in [3.05, 3.63) is 29.8 Å². The van der Waals surface area contributed by atoms with Crippen LogP contribution >= 0.6 is 0 Å². The average molecular weight is 426 g/mol. The van der Waals surface area contributed by atoms with Crippen LogP contribution < -0.4 is 10.6 Å². The molecule has 2 rings (SSSR count). The van der Waals surface area contributed by atoms with Crippen molar-refractivity contribution >= 4 is 27.9 Å². The quantitative estimate of drug-likeness (QED) is 0.687. The topological polar surface area (TPSA) is 122 Å². The van der Waals surface area contributed by atoms with E-state index in [9.17, 15) is 22.8 Å². The van der Waals surface area contributed by atoms with Gasteiger partial charge >= 0.3 is 12.0 Å². The molecule has 9 nitrogen and oxygen atoms in total. The van der Waals surface area contributed by atoms with E-state index >= 15 is 0 Å². The lowest BCUT2D eigenvalue weighted by Gasteiger charge is -2.34. The summed E-state index contributed by atoms with van der Waals surface area (Å²) < 4.78 is 32.3. The molecule has 3 atom stereocenters. The first-order valence-corrected chi connectivity index (χ1v) is 10.8. The number of hydrogen-bond donors (Lipinski definition) is 2. The van der Waals surface area contributed by atoms with E-state index in [0.717, 1.165) is 6.42 Å². The molecule has 1 heterocycles. The maximum atomic E-state index is 12.9. The highest BCUT2D eigenvalue weighted by atomic mass is 32.2. The molecule has 160 valence electrons. The first-order valence-electron chi connectivity index (χ1n) is 9.38. The Bertz CT molecular complexity index is 858. The lowest BCUT2D eigenvalue weighted by atomic mass is 9.94. The second-order valence-corrected chi connectivity index (χ2v) is 9.35. The Kier molecular flexibility index (Phi) is 7.37. The van der Waals surface area contributed by atoms with Gasteiger partial charge in [-0.2, -0.15) is 4.31 Å². The summed E-state index contributed by atoms with van der Waals surface area (Å²) >= 11 is 0. The summed E-state index contributed by atoms with van der Waals surface area (Å²) in [4.78, 5) is 35.2. The summed E-state index contributed by atoms with van der Waals surface area (Å²) in [7, 11) is -2.30. The lowest BCUT2D eigenvalue weighted by molar-refractivity contribution is -0.127. The van der Waals surface area contributed by atoms with Gasteiger partial charge in [0.05, 0.1) is 10.5 Å². The molecule has 29 heavy (non-hydrogen) atoms. The number of hydrogen-bond acceptors (Lipinski definition) is 6. The Morgan fingerprint density at radius 3 is 2.17 bits per heavy atom. The van der Waals surface area contributed by atoms with Crippen molar-refractivity contribution in [2.24, 2.45) is 11.8 Å². The van der Waals surface area contributed by atoms with Crippen LogP contribution in [-0.4, -0.2) is 56.9 Å². The summed E-state index contributed by atoms with van der Waals surface area (Å²) in [5, 5.41) is 4.22. The van der Waals surface area contributed by atoms with E-state index in [1.807, 2.05) is 19.2 Å². The molecule has 0 unspecified atom stereocenters. The van der Waals surface area contributed by atoms with E-state index in [0.29, 0.717) is 13.1 Å². The molecule has 1 saturated heterocycles. The molecule has 0 aromatic heterocycles. The highest BCUT2D eigenvalue weighted by Gasteiger charge is 2.31. The Labute approximate surface area is 170 Å². The van der Waals surface area contributed by atoms with E-state index < -0.39 is 34.0 Å². The molecular formula is C19H27N3O6S. The number of carbonyl (C=O) groups excluding carboxylic acids is 3. The summed E-state index contributed by atoms with van der Waals surface area (Å²) in [5.41, 5.74) is 0.101. The Morgan fingerprint density at radius 1 is 1.10 bits per heavy atom. The number of piperidine rings is 1. The van der Waals surface area contributed by atoms with E-state index in [1.54, 1.807) is 0 Å². The van der Waals surface area contributed by atoms with Gasteiger partial charge in [-0.05, 0) is 49.4 Å². The van der Waals surface area contributed by atoms with Crippen molar-refractivity contribution in [1.82, 2.24) is 14.9 Å². The molecule has 1 aromatic rings. The van der Waals surface area contributed by atoms with Crippen molar-refractivity contribution in [3.8, 4) is 0 Å². The molecule has 0 radical (unpaired) electrons. The fraction of sp³-hybridized carbons (Fsp3) is 0.526. The van der Waals surface area contributed by atoms with Crippen molar-refractivity contribution in [1.29, 1.82) is 0 Å². The van der Waals surface area contributed by atoms with Crippen LogP contribution in [0.1, 0.15) is 37.6 Å². The summed E-state index contributed by atoms with van der Waals surface area (Å²) in [5.74, 6) is -1.01. The molecule has 3 amide bonds. The molecule has 1 aliphatic heterocycles. The standard InChI is InChI=1S/C19H27N3O6S/c1-12-9-13(2)11-22(10-12)29(26,27)16-7-5-15(6-8-16)18(24)28-14(3)17(23)21-19(25)20-4/h5-8,12-14H,9-11H2,1-4H3,(H2,20,21,23,25)/t12-,13+,14-/m0/s1. The van der Waals surface area contributed by atoms with Gasteiger partial charge in [-0.25, -0.2) is 18.0 Å². The largest absolute Gasteiger partial charge is 0.449 e. The highest BCUT2D eigenvalue weighted by molar-refractivity contribution is 7.89. The van der Waals surface area contributed by atoms with E-state index in [1.165, 1.54) is 42.5 Å². The molecule has 1 aliphatic rings. The van der Waals surface area contributed by atoms with Crippen molar-refractivity contribution in [3.63, 3.8) is 0 Å². The van der Waals surface area contributed by atoms with Gasteiger partial charge in [0.1, 0.15) is 0 Å². The van der Waals surface area contributed by atoms with E-state index in [-0.39, 0.29) is 22.3 Å². The van der Waals surface area contributed by atoms with Crippen molar-refractivity contribution in [2.75, 3.05) is 20.1 Å². The first kappa shape index (κ1) is 22.8. The van der Waals surface area contributed by atoms with Crippen molar-refractivity contribution in [2.45, 2.75) is 38.2 Å². The predicted molar refractivity (Wildman–Crippen MR) is 106 cm³/mol. The minimum atomic E-state index is -3.65. The van der Waals surface area contributed by atoms with Gasteiger partial charge in [-0.1, -0.05) is 13.8 Å². The van der Waals surface area contributed by atoms with E-state index in [4.69, 9.17) is 4.74 Å². The number of carbonyl (C=O) groups is 3. The van der Waals surface area contributed by atoms with Gasteiger partial charge in [0.25, 0.3) is 5.91 Å². The number of sulfonamides is 1. The van der Waals surface area contributed by atoms with Crippen LogP contribution in [0.3, 0.4) is 0 Å². The van der Waals surface area contributed by atoms with Crippen molar-refractivity contribution < 1.29 is 27.5 Å². The molecule has 1 fully saturated rings. The highest BCUT2D eigenvalue weighted by Crippen LogP contribution is 2.26. The zero-order valence-corrected chi connectivity index (χ0v) is 17.8. The number of benzene rings is 1. The van der Waals surface area contributed by atoms with Crippen LogP contribution in [0.15, 0.2) is 29.2 Å². The summed E-state index contributed by atoms with van der Waals surface area (Å²) in [6, 6.07) is 4.68. The minimum Gasteiger partial charge on any atom is -0.449 e. The molecule has 10 heteroatoms. The number of esters is 1. The van der Waals surface area contributed by atoms with Crippen LogP contribution in [0, 0.1) is 11.8 Å². The van der Waals surface area contributed by atoms with Gasteiger partial charge < -0.3 is 10.1 Å². The molecular weight excluding hydrogens is 398 g/mol. The summed E-state index contributed by atoms with van der Waals surface area (Å²) in [6.45, 7) is 6.31. The first-order chi connectivity index (χ1) is 13.5. The molecule has 0 spiro atoms.